The molecule has 3 aromatic rings. The van der Waals surface area contributed by atoms with Crippen LogP contribution in [0.15, 0.2) is 60.7 Å². The standard InChI is InChI=1S/C28H28O12/c29-12-22-23(33)24(34)25(35)28(40-22)39-20-10-15(30)9-19-16(20)11-21(38-27(36)13-4-2-1-3-5-13)26(37-19)14-6-7-17(31)18(32)8-14/h1-10,21-26,28-35H,11-12H2/t21-,22-,23-,24+,25-,26-,28-/m1/s1. The highest BCUT2D eigenvalue weighted by Crippen LogP contribution is 2.45. The predicted octanol–water partition coefficient (Wildman–Crippen LogP) is 0.884. The smallest absolute Gasteiger partial charge is 0.338 e. The van der Waals surface area contributed by atoms with Crippen LogP contribution in [-0.4, -0.2) is 85.1 Å². The van der Waals surface area contributed by atoms with Crippen molar-refractivity contribution in [3.05, 3.63) is 77.4 Å². The number of phenolic OH excluding ortho intramolecular Hbond substituents is 3. The number of aliphatic hydroxyl groups is 4. The molecule has 0 amide bonds. The monoisotopic (exact) mass is 556 g/mol. The number of esters is 1. The molecule has 2 aliphatic rings. The van der Waals surface area contributed by atoms with E-state index < -0.39 is 61.2 Å². The largest absolute Gasteiger partial charge is 0.508 e. The van der Waals surface area contributed by atoms with Crippen molar-refractivity contribution in [2.45, 2.75) is 49.3 Å². The average Bonchev–Trinajstić information content (AvgIpc) is 2.95. The number of rotatable bonds is 6. The zero-order valence-corrected chi connectivity index (χ0v) is 20.9. The summed E-state index contributed by atoms with van der Waals surface area (Å²) >= 11 is 0. The first-order chi connectivity index (χ1) is 19.2. The van der Waals surface area contributed by atoms with Crippen LogP contribution in [0.3, 0.4) is 0 Å². The van der Waals surface area contributed by atoms with Crippen LogP contribution in [-0.2, 0) is 15.9 Å². The number of benzene rings is 3. The first-order valence-electron chi connectivity index (χ1n) is 12.4. The van der Waals surface area contributed by atoms with Crippen LogP contribution < -0.4 is 9.47 Å². The molecule has 2 heterocycles. The van der Waals surface area contributed by atoms with E-state index >= 15 is 0 Å². The van der Waals surface area contributed by atoms with Crippen molar-refractivity contribution in [3.8, 4) is 28.7 Å². The van der Waals surface area contributed by atoms with E-state index in [1.807, 2.05) is 0 Å². The Morgan fingerprint density at radius 3 is 2.35 bits per heavy atom. The molecule has 0 aliphatic carbocycles. The number of carbonyl (C=O) groups excluding carboxylic acids is 1. The van der Waals surface area contributed by atoms with E-state index in [0.717, 1.165) is 0 Å². The minimum absolute atomic E-state index is 0.0206. The fourth-order valence-corrected chi connectivity index (χ4v) is 4.71. The third-order valence-corrected chi connectivity index (χ3v) is 6.84. The Morgan fingerprint density at radius 2 is 1.65 bits per heavy atom. The third kappa shape index (κ3) is 5.35. The fourth-order valence-electron chi connectivity index (χ4n) is 4.71. The van der Waals surface area contributed by atoms with Crippen molar-refractivity contribution in [1.29, 1.82) is 0 Å². The Bertz CT molecular complexity index is 1360. The maximum Gasteiger partial charge on any atom is 0.338 e. The summed E-state index contributed by atoms with van der Waals surface area (Å²) in [6, 6.07) is 14.8. The van der Waals surface area contributed by atoms with Gasteiger partial charge in [0.1, 0.15) is 47.8 Å². The number of aromatic hydroxyl groups is 3. The molecule has 0 saturated carbocycles. The van der Waals surface area contributed by atoms with Crippen molar-refractivity contribution >= 4 is 5.97 Å². The first-order valence-corrected chi connectivity index (χ1v) is 12.4. The molecule has 40 heavy (non-hydrogen) atoms. The van der Waals surface area contributed by atoms with Gasteiger partial charge < -0.3 is 54.7 Å². The molecule has 5 rings (SSSR count). The van der Waals surface area contributed by atoms with Gasteiger partial charge in [-0.2, -0.15) is 0 Å². The van der Waals surface area contributed by atoms with Crippen LogP contribution >= 0.6 is 0 Å². The van der Waals surface area contributed by atoms with Crippen LogP contribution in [0.2, 0.25) is 0 Å². The number of ether oxygens (including phenoxy) is 4. The number of fused-ring (bicyclic) bond motifs is 1. The first kappa shape index (κ1) is 27.5. The Morgan fingerprint density at radius 1 is 0.900 bits per heavy atom. The van der Waals surface area contributed by atoms with Crippen LogP contribution in [0.1, 0.15) is 27.6 Å². The predicted molar refractivity (Wildman–Crippen MR) is 135 cm³/mol. The minimum Gasteiger partial charge on any atom is -0.508 e. The number of carbonyl (C=O) groups is 1. The summed E-state index contributed by atoms with van der Waals surface area (Å²) < 4.78 is 23.2. The summed E-state index contributed by atoms with van der Waals surface area (Å²) in [5.41, 5.74) is 0.968. The van der Waals surface area contributed by atoms with Crippen LogP contribution in [0.4, 0.5) is 0 Å². The highest BCUT2D eigenvalue weighted by atomic mass is 16.7. The van der Waals surface area contributed by atoms with Gasteiger partial charge in [-0.15, -0.1) is 0 Å². The number of aliphatic hydroxyl groups excluding tert-OH is 4. The van der Waals surface area contributed by atoms with Crippen molar-refractivity contribution in [2.75, 3.05) is 6.61 Å². The molecule has 0 unspecified atom stereocenters. The molecular formula is C28H28O12. The van der Waals surface area contributed by atoms with E-state index in [9.17, 15) is 40.5 Å². The van der Waals surface area contributed by atoms with E-state index in [-0.39, 0.29) is 35.0 Å². The van der Waals surface area contributed by atoms with Gasteiger partial charge in [0.25, 0.3) is 0 Å². The normalized spacial score (nSPS) is 27.8. The van der Waals surface area contributed by atoms with Crippen molar-refractivity contribution < 1.29 is 59.5 Å². The van der Waals surface area contributed by atoms with Gasteiger partial charge in [-0.1, -0.05) is 24.3 Å². The highest BCUT2D eigenvalue weighted by molar-refractivity contribution is 5.89. The summed E-state index contributed by atoms with van der Waals surface area (Å²) in [7, 11) is 0. The minimum atomic E-state index is -1.71. The lowest BCUT2D eigenvalue weighted by Gasteiger charge is -2.40. The lowest BCUT2D eigenvalue weighted by atomic mass is 9.93. The van der Waals surface area contributed by atoms with Gasteiger partial charge in [0.2, 0.25) is 6.29 Å². The molecule has 0 bridgehead atoms. The molecule has 3 aromatic carbocycles. The quantitative estimate of drug-likeness (QED) is 0.168. The summed E-state index contributed by atoms with van der Waals surface area (Å²) in [6.45, 7) is -0.662. The second-order valence-corrected chi connectivity index (χ2v) is 9.54. The lowest BCUT2D eigenvalue weighted by molar-refractivity contribution is -0.277. The molecule has 12 heteroatoms. The van der Waals surface area contributed by atoms with Crippen molar-refractivity contribution in [1.82, 2.24) is 0 Å². The molecule has 2 aliphatic heterocycles. The highest BCUT2D eigenvalue weighted by Gasteiger charge is 2.45. The van der Waals surface area contributed by atoms with Gasteiger partial charge in [-0.05, 0) is 24.3 Å². The van der Waals surface area contributed by atoms with Gasteiger partial charge in [0.15, 0.2) is 17.6 Å². The Labute approximate surface area is 227 Å². The fraction of sp³-hybridized carbons (Fsp3) is 0.321. The van der Waals surface area contributed by atoms with E-state index in [2.05, 4.69) is 0 Å². The van der Waals surface area contributed by atoms with E-state index in [1.54, 1.807) is 30.3 Å². The van der Waals surface area contributed by atoms with Gasteiger partial charge in [-0.25, -0.2) is 4.79 Å². The molecule has 0 spiro atoms. The van der Waals surface area contributed by atoms with Gasteiger partial charge in [0.05, 0.1) is 12.2 Å². The molecule has 7 atom stereocenters. The van der Waals surface area contributed by atoms with E-state index in [0.29, 0.717) is 11.1 Å². The van der Waals surface area contributed by atoms with Gasteiger partial charge >= 0.3 is 5.97 Å². The SMILES string of the molecule is O=C(O[C@@H]1Cc2c(O[C@@H]3O[C@H](CO)[C@@H](O)[C@H](O)[C@H]3O)cc(O)cc2O[C@@H]1c1ccc(O)c(O)c1)c1ccccc1. The van der Waals surface area contributed by atoms with Gasteiger partial charge in [-0.3, -0.25) is 0 Å². The van der Waals surface area contributed by atoms with E-state index in [4.69, 9.17) is 18.9 Å². The molecule has 1 saturated heterocycles. The summed E-state index contributed by atoms with van der Waals surface area (Å²) in [5, 5.41) is 70.4. The van der Waals surface area contributed by atoms with Gasteiger partial charge in [0, 0.05) is 29.7 Å². The lowest BCUT2D eigenvalue weighted by Crippen LogP contribution is -2.60. The average molecular weight is 557 g/mol. The summed E-state index contributed by atoms with van der Waals surface area (Å²) in [4.78, 5) is 13.0. The van der Waals surface area contributed by atoms with E-state index in [1.165, 1.54) is 30.3 Å². The topological polar surface area (TPSA) is 196 Å². The Hall–Kier alpha value is -4.07. The summed E-state index contributed by atoms with van der Waals surface area (Å²) in [6.07, 6.45) is -9.75. The molecule has 0 radical (unpaired) electrons. The Kier molecular flexibility index (Phi) is 7.70. The zero-order valence-electron chi connectivity index (χ0n) is 20.9. The molecule has 212 valence electrons. The van der Waals surface area contributed by atoms with Crippen LogP contribution in [0.25, 0.3) is 0 Å². The Balaban J connectivity index is 1.50. The summed E-state index contributed by atoms with van der Waals surface area (Å²) in [5.74, 6) is -1.62. The number of hydrogen-bond acceptors (Lipinski definition) is 12. The number of hydrogen-bond donors (Lipinski definition) is 7. The second-order valence-electron chi connectivity index (χ2n) is 9.54. The third-order valence-electron chi connectivity index (χ3n) is 6.84. The molecule has 12 nitrogen and oxygen atoms in total. The van der Waals surface area contributed by atoms with Crippen LogP contribution in [0.5, 0.6) is 28.7 Å². The second kappa shape index (κ2) is 11.2. The zero-order chi connectivity index (χ0) is 28.6. The maximum absolute atomic E-state index is 13.0. The van der Waals surface area contributed by atoms with Crippen LogP contribution in [0, 0.1) is 0 Å². The van der Waals surface area contributed by atoms with Crippen molar-refractivity contribution in [2.24, 2.45) is 0 Å². The molecule has 7 N–H and O–H groups in total. The number of phenols is 3. The molecule has 1 fully saturated rings. The maximum atomic E-state index is 13.0. The van der Waals surface area contributed by atoms with Crippen molar-refractivity contribution in [3.63, 3.8) is 0 Å². The molecular weight excluding hydrogens is 528 g/mol. The molecule has 0 aromatic heterocycles.